The van der Waals surface area contributed by atoms with E-state index in [1.165, 1.54) is 11.3 Å². The molecule has 28 heavy (non-hydrogen) atoms. The highest BCUT2D eigenvalue weighted by Gasteiger charge is 2.38. The van der Waals surface area contributed by atoms with Crippen molar-refractivity contribution in [3.63, 3.8) is 0 Å². The molecule has 0 radical (unpaired) electrons. The van der Waals surface area contributed by atoms with E-state index in [0.717, 1.165) is 11.1 Å². The maximum Gasteiger partial charge on any atom is 0.309 e. The van der Waals surface area contributed by atoms with Crippen molar-refractivity contribution in [1.82, 2.24) is 25.1 Å². The largest absolute Gasteiger partial charge is 0.481 e. The molecule has 0 saturated heterocycles. The van der Waals surface area contributed by atoms with Gasteiger partial charge in [0.2, 0.25) is 5.95 Å². The number of carboxylic acids is 1. The first kappa shape index (κ1) is 18.2. The van der Waals surface area contributed by atoms with Crippen molar-refractivity contribution in [3.05, 3.63) is 39.1 Å². The molecule has 3 aromatic heterocycles. The highest BCUT2D eigenvalue weighted by molar-refractivity contribution is 7.09. The fraction of sp³-hybridized carbons (Fsp3) is 0.333. The van der Waals surface area contributed by atoms with Crippen molar-refractivity contribution in [2.24, 2.45) is 0 Å². The molecule has 0 unspecified atom stereocenters. The number of thiazole rings is 1. The van der Waals surface area contributed by atoms with Gasteiger partial charge in [0.1, 0.15) is 16.4 Å². The SMILES string of the molecule is CC1(C)Cc2cnc(N)nc2-c2n[nH]c(C(=O)Cc3nc(CC(=O)O)cs3)c21. The number of fused-ring (bicyclic) bond motifs is 3. The number of nitrogens with one attached hydrogen (secondary N) is 1. The van der Waals surface area contributed by atoms with E-state index < -0.39 is 5.97 Å². The number of nitrogens with two attached hydrogens (primary N) is 1. The molecular weight excluding hydrogens is 380 g/mol. The van der Waals surface area contributed by atoms with Gasteiger partial charge in [0.15, 0.2) is 5.78 Å². The number of ketones is 1. The molecule has 0 aromatic carbocycles. The standard InChI is InChI=1S/C18H18N6O3S/c1-18(2)5-8-6-20-17(19)22-14(8)16-13(18)15(23-24-16)10(25)4-11-21-9(7-28-11)3-12(26)27/h6-7H,3-5H2,1-2H3,(H,23,24)(H,26,27)(H2,19,20,22). The van der Waals surface area contributed by atoms with E-state index in [9.17, 15) is 9.59 Å². The smallest absolute Gasteiger partial charge is 0.309 e. The van der Waals surface area contributed by atoms with Gasteiger partial charge < -0.3 is 10.8 Å². The van der Waals surface area contributed by atoms with Crippen LogP contribution < -0.4 is 5.73 Å². The van der Waals surface area contributed by atoms with Gasteiger partial charge >= 0.3 is 5.97 Å². The molecule has 3 aromatic rings. The van der Waals surface area contributed by atoms with E-state index >= 15 is 0 Å². The molecule has 0 atom stereocenters. The Hall–Kier alpha value is -3.14. The van der Waals surface area contributed by atoms with Gasteiger partial charge in [-0.25, -0.2) is 15.0 Å². The zero-order valence-electron chi connectivity index (χ0n) is 15.3. The zero-order chi connectivity index (χ0) is 20.1. The summed E-state index contributed by atoms with van der Waals surface area (Å²) in [7, 11) is 0. The number of carbonyl (C=O) groups excluding carboxylic acids is 1. The van der Waals surface area contributed by atoms with Crippen molar-refractivity contribution in [3.8, 4) is 11.4 Å². The molecule has 0 bridgehead atoms. The second-order valence-electron chi connectivity index (χ2n) is 7.39. The molecule has 144 valence electrons. The lowest BCUT2D eigenvalue weighted by molar-refractivity contribution is -0.136. The van der Waals surface area contributed by atoms with Crippen LogP contribution in [0.1, 0.15) is 46.2 Å². The fourth-order valence-corrected chi connectivity index (χ4v) is 4.38. The number of hydrogen-bond donors (Lipinski definition) is 3. The second-order valence-corrected chi connectivity index (χ2v) is 8.33. The highest BCUT2D eigenvalue weighted by atomic mass is 32.1. The summed E-state index contributed by atoms with van der Waals surface area (Å²) in [4.78, 5) is 36.4. The number of hydrogen-bond acceptors (Lipinski definition) is 8. The summed E-state index contributed by atoms with van der Waals surface area (Å²) in [6.45, 7) is 4.09. The van der Waals surface area contributed by atoms with Crippen molar-refractivity contribution in [2.45, 2.75) is 38.5 Å². The van der Waals surface area contributed by atoms with E-state index in [-0.39, 0.29) is 30.0 Å². The topological polar surface area (TPSA) is 148 Å². The van der Waals surface area contributed by atoms with Gasteiger partial charge in [0.05, 0.1) is 24.2 Å². The van der Waals surface area contributed by atoms with Crippen molar-refractivity contribution >= 4 is 29.0 Å². The average molecular weight is 398 g/mol. The molecule has 0 spiro atoms. The number of H-pyrrole nitrogens is 1. The molecule has 9 nitrogen and oxygen atoms in total. The summed E-state index contributed by atoms with van der Waals surface area (Å²) in [5, 5.41) is 18.3. The van der Waals surface area contributed by atoms with Gasteiger partial charge in [-0.3, -0.25) is 14.7 Å². The number of nitrogen functional groups attached to an aromatic ring is 1. The zero-order valence-corrected chi connectivity index (χ0v) is 16.1. The summed E-state index contributed by atoms with van der Waals surface area (Å²) in [5.74, 6) is -0.940. The highest BCUT2D eigenvalue weighted by Crippen LogP contribution is 2.42. The van der Waals surface area contributed by atoms with Crippen LogP contribution in [0.5, 0.6) is 0 Å². The average Bonchev–Trinajstić information content (AvgIpc) is 3.22. The molecular formula is C18H18N6O3S. The second kappa shape index (κ2) is 6.48. The molecule has 0 fully saturated rings. The number of rotatable bonds is 5. The quantitative estimate of drug-likeness (QED) is 0.551. The Kier molecular flexibility index (Phi) is 4.22. The normalized spacial score (nSPS) is 14.4. The van der Waals surface area contributed by atoms with E-state index in [1.54, 1.807) is 11.6 Å². The lowest BCUT2D eigenvalue weighted by Crippen LogP contribution is -2.28. The lowest BCUT2D eigenvalue weighted by atomic mass is 9.73. The van der Waals surface area contributed by atoms with Crippen LogP contribution in [0.4, 0.5) is 5.95 Å². The minimum absolute atomic E-state index is 0.0772. The maximum absolute atomic E-state index is 13.0. The predicted octanol–water partition coefficient (Wildman–Crippen LogP) is 1.79. The summed E-state index contributed by atoms with van der Waals surface area (Å²) >= 11 is 1.28. The summed E-state index contributed by atoms with van der Waals surface area (Å²) < 4.78 is 0. The third kappa shape index (κ3) is 3.15. The Balaban J connectivity index is 1.68. The number of carboxylic acid groups (broad SMARTS) is 1. The number of aromatic nitrogens is 5. The molecule has 10 heteroatoms. The first-order valence-corrected chi connectivity index (χ1v) is 9.51. The molecule has 0 saturated carbocycles. The maximum atomic E-state index is 13.0. The van der Waals surface area contributed by atoms with Crippen molar-refractivity contribution in [1.29, 1.82) is 0 Å². The van der Waals surface area contributed by atoms with Crippen molar-refractivity contribution in [2.75, 3.05) is 5.73 Å². The number of aromatic amines is 1. The minimum Gasteiger partial charge on any atom is -0.481 e. The number of aliphatic carboxylic acids is 1. The van der Waals surface area contributed by atoms with E-state index in [0.29, 0.717) is 34.2 Å². The Morgan fingerprint density at radius 2 is 2.07 bits per heavy atom. The van der Waals surface area contributed by atoms with Gasteiger partial charge in [0, 0.05) is 17.1 Å². The Labute approximate surface area is 164 Å². The number of nitrogens with zero attached hydrogens (tertiary/aromatic N) is 4. The Bertz CT molecular complexity index is 1100. The first-order chi connectivity index (χ1) is 13.2. The van der Waals surface area contributed by atoms with Gasteiger partial charge in [-0.1, -0.05) is 13.8 Å². The lowest BCUT2D eigenvalue weighted by Gasteiger charge is -2.30. The fourth-order valence-electron chi connectivity index (χ4n) is 3.59. The number of carbonyl (C=O) groups is 2. The van der Waals surface area contributed by atoms with Crippen LogP contribution in [0.25, 0.3) is 11.4 Å². The molecule has 0 amide bonds. The monoisotopic (exact) mass is 398 g/mol. The molecule has 1 aliphatic carbocycles. The van der Waals surface area contributed by atoms with Crippen LogP contribution >= 0.6 is 11.3 Å². The van der Waals surface area contributed by atoms with Gasteiger partial charge in [-0.2, -0.15) is 5.10 Å². The van der Waals surface area contributed by atoms with Gasteiger partial charge in [-0.15, -0.1) is 11.3 Å². The number of anilines is 1. The van der Waals surface area contributed by atoms with Crippen LogP contribution in [0.3, 0.4) is 0 Å². The van der Waals surface area contributed by atoms with Crippen molar-refractivity contribution < 1.29 is 14.7 Å². The Morgan fingerprint density at radius 1 is 1.29 bits per heavy atom. The molecule has 3 heterocycles. The molecule has 4 N–H and O–H groups in total. The summed E-state index contributed by atoms with van der Waals surface area (Å²) in [6, 6.07) is 0. The molecule has 0 aliphatic heterocycles. The predicted molar refractivity (Wildman–Crippen MR) is 102 cm³/mol. The summed E-state index contributed by atoms with van der Waals surface area (Å²) in [5.41, 5.74) is 9.30. The number of Topliss-reactive ketones (excluding diaryl/α,β-unsaturated/α-hetero) is 1. The third-order valence-electron chi connectivity index (χ3n) is 4.71. The molecule has 1 aliphatic rings. The van der Waals surface area contributed by atoms with Crippen LogP contribution in [-0.2, 0) is 29.5 Å². The minimum atomic E-state index is -0.951. The van der Waals surface area contributed by atoms with Crippen LogP contribution in [-0.4, -0.2) is 42.0 Å². The van der Waals surface area contributed by atoms with Crippen LogP contribution in [0, 0.1) is 0 Å². The van der Waals surface area contributed by atoms with E-state index in [1.807, 2.05) is 13.8 Å². The van der Waals surface area contributed by atoms with Gasteiger partial charge in [-0.05, 0) is 17.4 Å². The Morgan fingerprint density at radius 3 is 2.82 bits per heavy atom. The molecule has 4 rings (SSSR count). The van der Waals surface area contributed by atoms with E-state index in [2.05, 4.69) is 25.1 Å². The van der Waals surface area contributed by atoms with Gasteiger partial charge in [0.25, 0.3) is 0 Å². The van der Waals surface area contributed by atoms with E-state index in [4.69, 9.17) is 10.8 Å². The third-order valence-corrected chi connectivity index (χ3v) is 5.60. The van der Waals surface area contributed by atoms with Crippen LogP contribution in [0.2, 0.25) is 0 Å². The first-order valence-electron chi connectivity index (χ1n) is 8.63. The summed E-state index contributed by atoms with van der Waals surface area (Å²) in [6.07, 6.45) is 2.29. The van der Waals surface area contributed by atoms with Crippen LogP contribution in [0.15, 0.2) is 11.6 Å².